The summed E-state index contributed by atoms with van der Waals surface area (Å²) in [6.07, 6.45) is 2.37. The van der Waals surface area contributed by atoms with E-state index in [9.17, 15) is 4.79 Å². The van der Waals surface area contributed by atoms with Crippen LogP contribution in [0.15, 0.2) is 41.8 Å². The normalized spacial score (nSPS) is 13.9. The summed E-state index contributed by atoms with van der Waals surface area (Å²) in [5.41, 5.74) is 3.56. The summed E-state index contributed by atoms with van der Waals surface area (Å²) in [4.78, 5) is 18.8. The molecule has 3 aromatic rings. The molecule has 0 atom stereocenters. The second-order valence-electron chi connectivity index (χ2n) is 6.15. The van der Waals surface area contributed by atoms with E-state index in [-0.39, 0.29) is 5.91 Å². The van der Waals surface area contributed by atoms with Crippen molar-refractivity contribution < 1.29 is 4.79 Å². The van der Waals surface area contributed by atoms with Crippen molar-refractivity contribution in [2.75, 3.05) is 7.05 Å². The quantitative estimate of drug-likeness (QED) is 0.772. The molecule has 6 heteroatoms. The van der Waals surface area contributed by atoms with Crippen LogP contribution in [0.5, 0.6) is 0 Å². The number of thiazole rings is 1. The Labute approximate surface area is 144 Å². The van der Waals surface area contributed by atoms with Crippen molar-refractivity contribution >= 4 is 17.2 Å². The third-order valence-corrected chi connectivity index (χ3v) is 5.09. The molecule has 0 bridgehead atoms. The Hall–Kier alpha value is -2.47. The molecule has 1 N–H and O–H groups in total. The van der Waals surface area contributed by atoms with Gasteiger partial charge in [-0.05, 0) is 18.9 Å². The molecular formula is C18H18N4OS. The number of rotatable bonds is 5. The summed E-state index contributed by atoms with van der Waals surface area (Å²) < 4.78 is 0. The van der Waals surface area contributed by atoms with Crippen LogP contribution < -0.4 is 0 Å². The van der Waals surface area contributed by atoms with Crippen molar-refractivity contribution in [1.29, 1.82) is 0 Å². The fraction of sp³-hybridized carbons (Fsp3) is 0.278. The number of amides is 1. The molecule has 1 aliphatic rings. The lowest BCUT2D eigenvalue weighted by Gasteiger charge is -2.13. The Bertz CT molecular complexity index is 851. The summed E-state index contributed by atoms with van der Waals surface area (Å²) in [7, 11) is 1.79. The number of carbonyl (C=O) groups is 1. The average molecular weight is 338 g/mol. The molecule has 2 heterocycles. The first-order valence-corrected chi connectivity index (χ1v) is 8.89. The number of benzene rings is 1. The summed E-state index contributed by atoms with van der Waals surface area (Å²) in [6.45, 7) is 0.480. The van der Waals surface area contributed by atoms with Crippen molar-refractivity contribution in [1.82, 2.24) is 20.1 Å². The van der Waals surface area contributed by atoms with E-state index in [1.807, 2.05) is 41.8 Å². The summed E-state index contributed by atoms with van der Waals surface area (Å²) in [6, 6.07) is 12.0. The fourth-order valence-corrected chi connectivity index (χ4v) is 3.47. The first kappa shape index (κ1) is 15.1. The predicted octanol–water partition coefficient (Wildman–Crippen LogP) is 3.68. The van der Waals surface area contributed by atoms with E-state index < -0.39 is 0 Å². The zero-order chi connectivity index (χ0) is 16.5. The van der Waals surface area contributed by atoms with Gasteiger partial charge in [-0.25, -0.2) is 4.98 Å². The minimum atomic E-state index is -0.0765. The Balaban J connectivity index is 1.44. The summed E-state index contributed by atoms with van der Waals surface area (Å²) in [5.74, 6) is 0.490. The van der Waals surface area contributed by atoms with Crippen molar-refractivity contribution in [2.45, 2.75) is 25.3 Å². The molecule has 4 rings (SSSR count). The van der Waals surface area contributed by atoms with Gasteiger partial charge in [-0.3, -0.25) is 9.89 Å². The SMILES string of the molecule is CN(Cc1csc(-c2ccccc2)n1)C(=O)c1cc(C2CC2)[nH]n1. The molecule has 0 radical (unpaired) electrons. The van der Waals surface area contributed by atoms with Gasteiger partial charge < -0.3 is 4.90 Å². The lowest BCUT2D eigenvalue weighted by molar-refractivity contribution is 0.0778. The van der Waals surface area contributed by atoms with Crippen LogP contribution in [0.2, 0.25) is 0 Å². The van der Waals surface area contributed by atoms with Crippen molar-refractivity contribution in [3.63, 3.8) is 0 Å². The molecule has 1 aromatic carbocycles. The van der Waals surface area contributed by atoms with Gasteiger partial charge in [-0.2, -0.15) is 5.10 Å². The molecule has 24 heavy (non-hydrogen) atoms. The molecule has 0 spiro atoms. The number of hydrogen-bond acceptors (Lipinski definition) is 4. The Kier molecular flexibility index (Phi) is 3.90. The molecule has 0 unspecified atom stereocenters. The molecule has 1 amide bonds. The topological polar surface area (TPSA) is 61.9 Å². The van der Waals surface area contributed by atoms with Crippen LogP contribution in [0, 0.1) is 0 Å². The first-order valence-electron chi connectivity index (χ1n) is 8.01. The smallest absolute Gasteiger partial charge is 0.274 e. The minimum Gasteiger partial charge on any atom is -0.334 e. The third kappa shape index (κ3) is 3.10. The van der Waals surface area contributed by atoms with Crippen LogP contribution in [0.1, 0.15) is 40.6 Å². The second kappa shape index (κ2) is 6.20. The van der Waals surface area contributed by atoms with Crippen molar-refractivity contribution in [2.24, 2.45) is 0 Å². The molecular weight excluding hydrogens is 320 g/mol. The van der Waals surface area contributed by atoms with Gasteiger partial charge >= 0.3 is 0 Å². The van der Waals surface area contributed by atoms with Crippen molar-refractivity contribution in [3.05, 3.63) is 58.9 Å². The largest absolute Gasteiger partial charge is 0.334 e. The van der Waals surface area contributed by atoms with Gasteiger partial charge in [-0.15, -0.1) is 11.3 Å². The number of carbonyl (C=O) groups excluding carboxylic acids is 1. The third-order valence-electron chi connectivity index (χ3n) is 4.15. The number of aromatic nitrogens is 3. The molecule has 1 saturated carbocycles. The van der Waals surface area contributed by atoms with E-state index in [4.69, 9.17) is 0 Å². The van der Waals surface area contributed by atoms with Gasteiger partial charge in [0, 0.05) is 29.6 Å². The molecule has 2 aromatic heterocycles. The lowest BCUT2D eigenvalue weighted by Crippen LogP contribution is -2.26. The van der Waals surface area contributed by atoms with E-state index in [1.165, 1.54) is 12.8 Å². The number of nitrogens with one attached hydrogen (secondary N) is 1. The highest BCUT2D eigenvalue weighted by atomic mass is 32.1. The number of H-pyrrole nitrogens is 1. The lowest BCUT2D eigenvalue weighted by atomic mass is 10.2. The highest BCUT2D eigenvalue weighted by Gasteiger charge is 2.27. The maximum atomic E-state index is 12.5. The molecule has 5 nitrogen and oxygen atoms in total. The fourth-order valence-electron chi connectivity index (χ4n) is 2.65. The van der Waals surface area contributed by atoms with E-state index in [0.717, 1.165) is 22.0 Å². The highest BCUT2D eigenvalue weighted by molar-refractivity contribution is 7.13. The van der Waals surface area contributed by atoms with E-state index >= 15 is 0 Å². The number of aromatic amines is 1. The highest BCUT2D eigenvalue weighted by Crippen LogP contribution is 2.39. The maximum Gasteiger partial charge on any atom is 0.274 e. The monoisotopic (exact) mass is 338 g/mol. The molecule has 0 aliphatic heterocycles. The van der Waals surface area contributed by atoms with Gasteiger partial charge in [0.2, 0.25) is 0 Å². The predicted molar refractivity (Wildman–Crippen MR) is 93.9 cm³/mol. The summed E-state index contributed by atoms with van der Waals surface area (Å²) in [5, 5.41) is 10.1. The standard InChI is InChI=1S/C18H18N4OS/c1-22(18(23)16-9-15(20-21-16)12-7-8-12)10-14-11-24-17(19-14)13-5-3-2-4-6-13/h2-6,9,11-12H,7-8,10H2,1H3,(H,20,21). The van der Waals surface area contributed by atoms with Gasteiger partial charge in [0.15, 0.2) is 0 Å². The average Bonchev–Trinajstić information content (AvgIpc) is 3.16. The number of hydrogen-bond donors (Lipinski definition) is 1. The van der Waals surface area contributed by atoms with Crippen LogP contribution in [-0.2, 0) is 6.54 Å². The van der Waals surface area contributed by atoms with Crippen LogP contribution in [0.25, 0.3) is 10.6 Å². The Morgan fingerprint density at radius 2 is 2.12 bits per heavy atom. The van der Waals surface area contributed by atoms with E-state index in [0.29, 0.717) is 18.2 Å². The van der Waals surface area contributed by atoms with Gasteiger partial charge in [0.1, 0.15) is 10.7 Å². The van der Waals surface area contributed by atoms with E-state index in [2.05, 4.69) is 15.2 Å². The maximum absolute atomic E-state index is 12.5. The van der Waals surface area contributed by atoms with Gasteiger partial charge in [0.05, 0.1) is 12.2 Å². The van der Waals surface area contributed by atoms with Gasteiger partial charge in [-0.1, -0.05) is 30.3 Å². The molecule has 1 aliphatic carbocycles. The molecule has 1 fully saturated rings. The van der Waals surface area contributed by atoms with Crippen molar-refractivity contribution in [3.8, 4) is 10.6 Å². The van der Waals surface area contributed by atoms with Crippen LogP contribution >= 0.6 is 11.3 Å². The zero-order valence-electron chi connectivity index (χ0n) is 13.4. The number of nitrogens with zero attached hydrogens (tertiary/aromatic N) is 3. The summed E-state index contributed by atoms with van der Waals surface area (Å²) >= 11 is 1.60. The Morgan fingerprint density at radius 1 is 1.33 bits per heavy atom. The van der Waals surface area contributed by atoms with E-state index in [1.54, 1.807) is 23.3 Å². The second-order valence-corrected chi connectivity index (χ2v) is 7.01. The van der Waals surface area contributed by atoms with Crippen LogP contribution in [0.3, 0.4) is 0 Å². The minimum absolute atomic E-state index is 0.0765. The molecule has 0 saturated heterocycles. The zero-order valence-corrected chi connectivity index (χ0v) is 14.2. The first-order chi connectivity index (χ1) is 11.7. The molecule has 122 valence electrons. The van der Waals surface area contributed by atoms with Crippen LogP contribution in [-0.4, -0.2) is 33.0 Å². The van der Waals surface area contributed by atoms with Crippen LogP contribution in [0.4, 0.5) is 0 Å². The van der Waals surface area contributed by atoms with Gasteiger partial charge in [0.25, 0.3) is 5.91 Å². The Morgan fingerprint density at radius 3 is 2.88 bits per heavy atom.